The van der Waals surface area contributed by atoms with Gasteiger partial charge >= 0.3 is 12.3 Å². The van der Waals surface area contributed by atoms with Gasteiger partial charge in [0.15, 0.2) is 5.82 Å². The molecule has 0 saturated carbocycles. The van der Waals surface area contributed by atoms with Crippen LogP contribution in [0.25, 0.3) is 0 Å². The van der Waals surface area contributed by atoms with Gasteiger partial charge in [0.05, 0.1) is 11.7 Å². The van der Waals surface area contributed by atoms with Crippen molar-refractivity contribution in [2.45, 2.75) is 25.2 Å². The maximum absolute atomic E-state index is 12.8. The second-order valence-electron chi connectivity index (χ2n) is 4.52. The molecular weight excluding hydrogens is 303 g/mol. The second-order valence-corrected chi connectivity index (χ2v) is 4.52. The highest BCUT2D eigenvalue weighted by Crippen LogP contribution is 2.37. The van der Waals surface area contributed by atoms with Gasteiger partial charge in [-0.1, -0.05) is 6.58 Å². The number of amides is 2. The summed E-state index contributed by atoms with van der Waals surface area (Å²) in [6.45, 7) is 4.46. The molecule has 6 nitrogen and oxygen atoms in total. The second kappa shape index (κ2) is 5.66. The molecule has 2 amide bonds. The summed E-state index contributed by atoms with van der Waals surface area (Å²) in [6.07, 6.45) is -5.85. The normalized spacial score (nSPS) is 21.5. The highest BCUT2D eigenvalue weighted by atomic mass is 19.4. The molecule has 2 rings (SSSR count). The van der Waals surface area contributed by atoms with Gasteiger partial charge in [-0.25, -0.2) is 9.78 Å². The molecule has 0 bridgehead atoms. The Morgan fingerprint density at radius 1 is 1.55 bits per heavy atom. The van der Waals surface area contributed by atoms with Gasteiger partial charge in [0, 0.05) is 6.20 Å². The van der Waals surface area contributed by atoms with E-state index in [1.807, 2.05) is 0 Å². The van der Waals surface area contributed by atoms with Crippen LogP contribution < -0.4 is 10.2 Å². The number of pyridine rings is 1. The van der Waals surface area contributed by atoms with E-state index in [2.05, 4.69) is 21.6 Å². The molecule has 0 radical (unpaired) electrons. The van der Waals surface area contributed by atoms with E-state index in [-0.39, 0.29) is 11.5 Å². The topological polar surface area (TPSA) is 71.5 Å². The van der Waals surface area contributed by atoms with Crippen LogP contribution in [0.15, 0.2) is 31.0 Å². The highest BCUT2D eigenvalue weighted by molar-refractivity contribution is 6.03. The Kier molecular flexibility index (Phi) is 4.07. The fraction of sp³-hybridized carbons (Fsp3) is 0.308. The Morgan fingerprint density at radius 2 is 2.23 bits per heavy atom. The minimum atomic E-state index is -4.69. The average molecular weight is 315 g/mol. The Hall–Kier alpha value is -2.58. The van der Waals surface area contributed by atoms with Crippen LogP contribution >= 0.6 is 0 Å². The van der Waals surface area contributed by atoms with E-state index < -0.39 is 30.3 Å². The monoisotopic (exact) mass is 315 g/mol. The smallest absolute Gasteiger partial charge is 0.427 e. The fourth-order valence-electron chi connectivity index (χ4n) is 2.06. The SMILES string of the molecule is C=CC(=O)Nc1cccnc1N1C(=O)OC(C(F)(F)F)C1C. The minimum absolute atomic E-state index is 0.0824. The van der Waals surface area contributed by atoms with Gasteiger partial charge < -0.3 is 10.1 Å². The Morgan fingerprint density at radius 3 is 2.77 bits per heavy atom. The first-order chi connectivity index (χ1) is 10.3. The summed E-state index contributed by atoms with van der Waals surface area (Å²) in [6, 6.07) is 1.56. The molecule has 1 N–H and O–H groups in total. The molecule has 22 heavy (non-hydrogen) atoms. The van der Waals surface area contributed by atoms with E-state index in [0.29, 0.717) is 0 Å². The molecule has 118 valence electrons. The molecule has 2 atom stereocenters. The number of aromatic nitrogens is 1. The Balaban J connectivity index is 2.38. The summed E-state index contributed by atoms with van der Waals surface area (Å²) < 4.78 is 42.9. The lowest BCUT2D eigenvalue weighted by molar-refractivity contribution is -0.198. The Bertz CT molecular complexity index is 618. The van der Waals surface area contributed by atoms with Crippen LogP contribution in [0.4, 0.5) is 29.5 Å². The van der Waals surface area contributed by atoms with Crippen LogP contribution in [0.1, 0.15) is 6.92 Å². The van der Waals surface area contributed by atoms with Gasteiger partial charge in [0.2, 0.25) is 12.0 Å². The number of halogens is 3. The molecule has 1 aromatic rings. The summed E-state index contributed by atoms with van der Waals surface area (Å²) in [7, 11) is 0. The number of rotatable bonds is 3. The zero-order chi connectivity index (χ0) is 16.5. The molecule has 1 aromatic heterocycles. The van der Waals surface area contributed by atoms with Crippen LogP contribution in [-0.4, -0.2) is 35.3 Å². The van der Waals surface area contributed by atoms with E-state index in [9.17, 15) is 22.8 Å². The maximum Gasteiger partial charge on any atom is 0.427 e. The zero-order valence-electron chi connectivity index (χ0n) is 11.4. The van der Waals surface area contributed by atoms with Crippen molar-refractivity contribution < 1.29 is 27.5 Å². The van der Waals surface area contributed by atoms with Crippen molar-refractivity contribution in [3.8, 4) is 0 Å². The van der Waals surface area contributed by atoms with E-state index in [0.717, 1.165) is 11.0 Å². The number of alkyl halides is 3. The van der Waals surface area contributed by atoms with Crippen LogP contribution in [0.3, 0.4) is 0 Å². The molecule has 2 heterocycles. The summed E-state index contributed by atoms with van der Waals surface area (Å²) in [5.41, 5.74) is 0.0824. The van der Waals surface area contributed by atoms with Crippen molar-refractivity contribution >= 4 is 23.5 Å². The molecule has 1 aliphatic rings. The van der Waals surface area contributed by atoms with Gasteiger partial charge in [0.1, 0.15) is 0 Å². The molecule has 0 spiro atoms. The quantitative estimate of drug-likeness (QED) is 0.870. The lowest BCUT2D eigenvalue weighted by Crippen LogP contribution is -2.41. The lowest BCUT2D eigenvalue weighted by atomic mass is 10.1. The minimum Gasteiger partial charge on any atom is -0.434 e. The molecule has 1 fully saturated rings. The number of carbonyl (C=O) groups is 2. The van der Waals surface area contributed by atoms with E-state index >= 15 is 0 Å². The number of hydrogen-bond acceptors (Lipinski definition) is 4. The van der Waals surface area contributed by atoms with Crippen LogP contribution in [0.2, 0.25) is 0 Å². The number of hydrogen-bond donors (Lipinski definition) is 1. The number of anilines is 2. The van der Waals surface area contributed by atoms with Gasteiger partial charge in [-0.3, -0.25) is 9.69 Å². The molecule has 0 aromatic carbocycles. The van der Waals surface area contributed by atoms with Crippen molar-refractivity contribution in [3.05, 3.63) is 31.0 Å². The lowest BCUT2D eigenvalue weighted by Gasteiger charge is -2.22. The Labute approximate surface area is 123 Å². The van der Waals surface area contributed by atoms with Gasteiger partial charge in [-0.15, -0.1) is 0 Å². The third kappa shape index (κ3) is 2.87. The van der Waals surface area contributed by atoms with Crippen LogP contribution in [-0.2, 0) is 9.53 Å². The van der Waals surface area contributed by atoms with Crippen molar-refractivity contribution in [2.75, 3.05) is 10.2 Å². The fourth-order valence-corrected chi connectivity index (χ4v) is 2.06. The summed E-state index contributed by atoms with van der Waals surface area (Å²) in [4.78, 5) is 27.8. The highest BCUT2D eigenvalue weighted by Gasteiger charge is 2.55. The summed E-state index contributed by atoms with van der Waals surface area (Å²) >= 11 is 0. The van der Waals surface area contributed by atoms with E-state index in [1.54, 1.807) is 0 Å². The van der Waals surface area contributed by atoms with Gasteiger partial charge in [0.25, 0.3) is 0 Å². The number of cyclic esters (lactones) is 1. The van der Waals surface area contributed by atoms with Crippen molar-refractivity contribution in [2.24, 2.45) is 0 Å². The predicted octanol–water partition coefficient (Wildman–Crippen LogP) is 2.48. The third-order valence-electron chi connectivity index (χ3n) is 3.05. The van der Waals surface area contributed by atoms with Crippen molar-refractivity contribution in [1.29, 1.82) is 0 Å². The van der Waals surface area contributed by atoms with Crippen LogP contribution in [0.5, 0.6) is 0 Å². The van der Waals surface area contributed by atoms with E-state index in [1.165, 1.54) is 25.3 Å². The molecule has 2 unspecified atom stereocenters. The number of carbonyl (C=O) groups excluding carboxylic acids is 2. The molecule has 1 saturated heterocycles. The predicted molar refractivity (Wildman–Crippen MR) is 71.3 cm³/mol. The molecule has 0 aliphatic carbocycles. The van der Waals surface area contributed by atoms with Crippen LogP contribution in [0, 0.1) is 0 Å². The first kappa shape index (κ1) is 15.8. The first-order valence-corrected chi connectivity index (χ1v) is 6.20. The van der Waals surface area contributed by atoms with Gasteiger partial charge in [-0.05, 0) is 25.1 Å². The van der Waals surface area contributed by atoms with Crippen molar-refractivity contribution in [1.82, 2.24) is 4.98 Å². The van der Waals surface area contributed by atoms with Crippen molar-refractivity contribution in [3.63, 3.8) is 0 Å². The zero-order valence-corrected chi connectivity index (χ0v) is 11.4. The standard InChI is InChI=1S/C13H12F3N3O3/c1-3-9(20)18-8-5-4-6-17-11(8)19-7(2)10(13(14,15)16)22-12(19)21/h3-7,10H,1H2,2H3,(H,18,20). The molecule has 9 heteroatoms. The molecule has 1 aliphatic heterocycles. The average Bonchev–Trinajstić information content (AvgIpc) is 2.75. The number of nitrogens with one attached hydrogen (secondary N) is 1. The first-order valence-electron chi connectivity index (χ1n) is 6.20. The molecular formula is C13H12F3N3O3. The summed E-state index contributed by atoms with van der Waals surface area (Å²) in [5, 5.41) is 2.38. The van der Waals surface area contributed by atoms with Gasteiger partial charge in [-0.2, -0.15) is 13.2 Å². The third-order valence-corrected chi connectivity index (χ3v) is 3.05. The number of nitrogens with zero attached hydrogens (tertiary/aromatic N) is 2. The summed E-state index contributed by atoms with van der Waals surface area (Å²) in [5.74, 6) is -0.705. The maximum atomic E-state index is 12.8. The largest absolute Gasteiger partial charge is 0.434 e. The number of ether oxygens (including phenoxy) is 1. The van der Waals surface area contributed by atoms with E-state index in [4.69, 9.17) is 0 Å².